The van der Waals surface area contributed by atoms with Crippen LogP contribution in [0.4, 0.5) is 5.82 Å². The van der Waals surface area contributed by atoms with E-state index >= 15 is 0 Å². The van der Waals surface area contributed by atoms with Crippen molar-refractivity contribution < 1.29 is 5.11 Å². The van der Waals surface area contributed by atoms with Gasteiger partial charge in [0.1, 0.15) is 17.6 Å². The van der Waals surface area contributed by atoms with Gasteiger partial charge in [0.2, 0.25) is 0 Å². The lowest BCUT2D eigenvalue weighted by Gasteiger charge is -2.22. The van der Waals surface area contributed by atoms with Crippen molar-refractivity contribution in [2.75, 3.05) is 11.9 Å². The second kappa shape index (κ2) is 7.23. The highest BCUT2D eigenvalue weighted by atomic mass is 16.3. The fraction of sp³-hybridized carbons (Fsp3) is 0.400. The Bertz CT molecular complexity index is 821. The molecule has 1 aliphatic carbocycles. The van der Waals surface area contributed by atoms with Gasteiger partial charge in [-0.1, -0.05) is 25.3 Å². The van der Waals surface area contributed by atoms with E-state index in [-0.39, 0.29) is 0 Å². The summed E-state index contributed by atoms with van der Waals surface area (Å²) in [4.78, 5) is 11.8. The predicted octanol–water partition coefficient (Wildman–Crippen LogP) is 4.03. The first-order valence-corrected chi connectivity index (χ1v) is 9.11. The van der Waals surface area contributed by atoms with Gasteiger partial charge in [-0.2, -0.15) is 0 Å². The minimum absolute atomic E-state index is 0.710. The lowest BCUT2D eigenvalue weighted by molar-refractivity contribution is 0.221. The largest absolute Gasteiger partial charge is 0.384 e. The molecule has 25 heavy (non-hydrogen) atoms. The van der Waals surface area contributed by atoms with Gasteiger partial charge in [0.15, 0.2) is 0 Å². The zero-order valence-corrected chi connectivity index (χ0v) is 14.3. The number of nitrogens with one attached hydrogen (secondary N) is 2. The molecule has 0 bridgehead atoms. The van der Waals surface area contributed by atoms with Crippen LogP contribution in [-0.2, 0) is 0 Å². The molecule has 0 spiro atoms. The molecule has 0 aromatic carbocycles. The molecule has 3 N–H and O–H groups in total. The molecule has 0 saturated heterocycles. The summed E-state index contributed by atoms with van der Waals surface area (Å²) in [7, 11) is 0. The summed E-state index contributed by atoms with van der Waals surface area (Å²) < 4.78 is 0. The molecule has 1 atom stereocenters. The first kappa shape index (κ1) is 16.1. The molecule has 1 unspecified atom stereocenters. The zero-order valence-electron chi connectivity index (χ0n) is 14.3. The summed E-state index contributed by atoms with van der Waals surface area (Å²) >= 11 is 0. The van der Waals surface area contributed by atoms with Gasteiger partial charge in [-0.25, -0.2) is 9.97 Å². The Kier molecular flexibility index (Phi) is 4.65. The molecule has 5 heteroatoms. The van der Waals surface area contributed by atoms with E-state index in [1.54, 1.807) is 12.4 Å². The third-order valence-electron chi connectivity index (χ3n) is 5.18. The van der Waals surface area contributed by atoms with E-state index in [0.29, 0.717) is 0 Å². The molecule has 0 aliphatic heterocycles. The maximum atomic E-state index is 10.7. The minimum atomic E-state index is -0.710. The summed E-state index contributed by atoms with van der Waals surface area (Å²) in [5, 5.41) is 15.1. The molecule has 0 radical (unpaired) electrons. The highest BCUT2D eigenvalue weighted by Gasteiger charge is 2.16. The van der Waals surface area contributed by atoms with Gasteiger partial charge in [-0.15, -0.1) is 0 Å². The first-order chi connectivity index (χ1) is 12.3. The molecular weight excluding hydrogens is 312 g/mol. The van der Waals surface area contributed by atoms with Crippen LogP contribution in [0.15, 0.2) is 42.9 Å². The molecule has 3 aromatic rings. The third-order valence-corrected chi connectivity index (χ3v) is 5.18. The standard InChI is InChI=1S/C20H24N4O/c25-19(17-13-24-20-16(17)7-4-10-21-20)15-8-9-18(23-12-15)22-11-14-5-2-1-3-6-14/h4,7-10,12-14,19,25H,1-3,5-6,11H2,(H,21,24)(H,22,23). The molecule has 3 heterocycles. The molecule has 130 valence electrons. The molecule has 1 fully saturated rings. The van der Waals surface area contributed by atoms with Gasteiger partial charge >= 0.3 is 0 Å². The monoisotopic (exact) mass is 336 g/mol. The smallest absolute Gasteiger partial charge is 0.137 e. The summed E-state index contributed by atoms with van der Waals surface area (Å²) in [5.41, 5.74) is 2.40. The van der Waals surface area contributed by atoms with E-state index < -0.39 is 6.10 Å². The average Bonchev–Trinajstić information content (AvgIpc) is 3.11. The predicted molar refractivity (Wildman–Crippen MR) is 99.5 cm³/mol. The lowest BCUT2D eigenvalue weighted by atomic mass is 9.89. The van der Waals surface area contributed by atoms with Crippen molar-refractivity contribution in [1.82, 2.24) is 15.0 Å². The van der Waals surface area contributed by atoms with E-state index in [2.05, 4.69) is 20.3 Å². The second-order valence-corrected chi connectivity index (χ2v) is 6.91. The Morgan fingerprint density at radius 1 is 1.16 bits per heavy atom. The van der Waals surface area contributed by atoms with Crippen molar-refractivity contribution in [3.05, 3.63) is 54.0 Å². The molecule has 4 rings (SSSR count). The average molecular weight is 336 g/mol. The van der Waals surface area contributed by atoms with Crippen LogP contribution in [0.5, 0.6) is 0 Å². The Morgan fingerprint density at radius 2 is 2.04 bits per heavy atom. The van der Waals surface area contributed by atoms with E-state index in [1.165, 1.54) is 32.1 Å². The molecule has 5 nitrogen and oxygen atoms in total. The molecular formula is C20H24N4O. The number of H-pyrrole nitrogens is 1. The summed E-state index contributed by atoms with van der Waals surface area (Å²) in [6.45, 7) is 0.989. The van der Waals surface area contributed by atoms with Gasteiger partial charge in [0, 0.05) is 41.6 Å². The van der Waals surface area contributed by atoms with Crippen LogP contribution in [0.2, 0.25) is 0 Å². The maximum absolute atomic E-state index is 10.7. The summed E-state index contributed by atoms with van der Waals surface area (Å²) in [6.07, 6.45) is 11.3. The molecule has 1 aliphatic rings. The van der Waals surface area contributed by atoms with Crippen molar-refractivity contribution in [3.8, 4) is 0 Å². The van der Waals surface area contributed by atoms with Gasteiger partial charge in [-0.05, 0) is 37.0 Å². The number of aliphatic hydroxyl groups is 1. The number of hydrogen-bond donors (Lipinski definition) is 3. The van der Waals surface area contributed by atoms with Crippen molar-refractivity contribution >= 4 is 16.9 Å². The van der Waals surface area contributed by atoms with Crippen LogP contribution in [-0.4, -0.2) is 26.6 Å². The van der Waals surface area contributed by atoms with E-state index in [4.69, 9.17) is 0 Å². The number of rotatable bonds is 5. The van der Waals surface area contributed by atoms with Crippen LogP contribution in [0.1, 0.15) is 49.3 Å². The Labute approximate surface area is 147 Å². The lowest BCUT2D eigenvalue weighted by Crippen LogP contribution is -2.17. The topological polar surface area (TPSA) is 73.8 Å². The van der Waals surface area contributed by atoms with Crippen LogP contribution in [0, 0.1) is 5.92 Å². The van der Waals surface area contributed by atoms with E-state index in [1.807, 2.05) is 30.5 Å². The van der Waals surface area contributed by atoms with Crippen LogP contribution >= 0.6 is 0 Å². The number of aromatic nitrogens is 3. The minimum Gasteiger partial charge on any atom is -0.384 e. The van der Waals surface area contributed by atoms with E-state index in [9.17, 15) is 5.11 Å². The highest BCUT2D eigenvalue weighted by Crippen LogP contribution is 2.28. The number of aromatic amines is 1. The number of anilines is 1. The van der Waals surface area contributed by atoms with Gasteiger partial charge in [0.25, 0.3) is 0 Å². The molecule has 3 aromatic heterocycles. The van der Waals surface area contributed by atoms with Gasteiger partial charge in [0.05, 0.1) is 0 Å². The van der Waals surface area contributed by atoms with Gasteiger partial charge in [-0.3, -0.25) is 0 Å². The van der Waals surface area contributed by atoms with Crippen LogP contribution in [0.3, 0.4) is 0 Å². The third kappa shape index (κ3) is 3.51. The number of nitrogens with zero attached hydrogens (tertiary/aromatic N) is 2. The SMILES string of the molecule is OC(c1ccc(NCC2CCCCC2)nc1)c1c[nH]c2ncccc12. The second-order valence-electron chi connectivity index (χ2n) is 6.91. The quantitative estimate of drug-likeness (QED) is 0.657. The van der Waals surface area contributed by atoms with Crippen molar-refractivity contribution in [2.24, 2.45) is 5.92 Å². The Hall–Kier alpha value is -2.40. The number of fused-ring (bicyclic) bond motifs is 1. The number of pyridine rings is 2. The van der Waals surface area contributed by atoms with E-state index in [0.717, 1.165) is 40.4 Å². The molecule has 0 amide bonds. The van der Waals surface area contributed by atoms with Crippen LogP contribution in [0.25, 0.3) is 11.0 Å². The fourth-order valence-corrected chi connectivity index (χ4v) is 3.69. The number of hydrogen-bond acceptors (Lipinski definition) is 4. The fourth-order valence-electron chi connectivity index (χ4n) is 3.69. The van der Waals surface area contributed by atoms with Crippen molar-refractivity contribution in [2.45, 2.75) is 38.2 Å². The first-order valence-electron chi connectivity index (χ1n) is 9.11. The maximum Gasteiger partial charge on any atom is 0.137 e. The summed E-state index contributed by atoms with van der Waals surface area (Å²) in [6, 6.07) is 7.73. The van der Waals surface area contributed by atoms with Crippen LogP contribution < -0.4 is 5.32 Å². The normalized spacial score (nSPS) is 16.8. The zero-order chi connectivity index (χ0) is 17.1. The molecule has 1 saturated carbocycles. The summed E-state index contributed by atoms with van der Waals surface area (Å²) in [5.74, 6) is 1.64. The Balaban J connectivity index is 1.44. The van der Waals surface area contributed by atoms with Crippen molar-refractivity contribution in [1.29, 1.82) is 0 Å². The van der Waals surface area contributed by atoms with Gasteiger partial charge < -0.3 is 15.4 Å². The highest BCUT2D eigenvalue weighted by molar-refractivity contribution is 5.80. The Morgan fingerprint density at radius 3 is 2.84 bits per heavy atom. The van der Waals surface area contributed by atoms with Crippen molar-refractivity contribution in [3.63, 3.8) is 0 Å². The number of aliphatic hydroxyl groups excluding tert-OH is 1.